The van der Waals surface area contributed by atoms with Crippen LogP contribution in [0.2, 0.25) is 0 Å². The average Bonchev–Trinajstić information content (AvgIpc) is 2.38. The number of carboxylic acids is 1. The average molecular weight is 265 g/mol. The highest BCUT2D eigenvalue weighted by Crippen LogP contribution is 2.28. The van der Waals surface area contributed by atoms with Gasteiger partial charge in [0, 0.05) is 6.04 Å². The number of carbonyl (C=O) groups is 2. The molecule has 2 atom stereocenters. The van der Waals surface area contributed by atoms with Crippen LogP contribution in [-0.4, -0.2) is 23.1 Å². The van der Waals surface area contributed by atoms with Crippen LogP contribution in [0.15, 0.2) is 30.3 Å². The summed E-state index contributed by atoms with van der Waals surface area (Å²) >= 11 is 0. The molecule has 1 aromatic carbocycles. The molecule has 0 amide bonds. The van der Waals surface area contributed by atoms with Gasteiger partial charge in [-0.3, -0.25) is 9.59 Å². The molecule has 0 spiro atoms. The molecule has 0 fully saturated rings. The van der Waals surface area contributed by atoms with E-state index >= 15 is 0 Å². The lowest BCUT2D eigenvalue weighted by molar-refractivity contribution is -0.171. The van der Waals surface area contributed by atoms with Gasteiger partial charge in [-0.15, -0.1) is 0 Å². The van der Waals surface area contributed by atoms with Crippen LogP contribution < -0.4 is 5.73 Å². The summed E-state index contributed by atoms with van der Waals surface area (Å²) in [6.45, 7) is 3.16. The zero-order valence-corrected chi connectivity index (χ0v) is 11.1. The largest absolute Gasteiger partial charge is 0.480 e. The Morgan fingerprint density at radius 1 is 1.37 bits per heavy atom. The van der Waals surface area contributed by atoms with E-state index in [0.29, 0.717) is 0 Å². The van der Waals surface area contributed by atoms with Crippen molar-refractivity contribution in [1.29, 1.82) is 0 Å². The van der Waals surface area contributed by atoms with Crippen molar-refractivity contribution >= 4 is 11.9 Å². The second-order valence-electron chi connectivity index (χ2n) is 4.48. The minimum atomic E-state index is -1.69. The van der Waals surface area contributed by atoms with Gasteiger partial charge in [-0.05, 0) is 18.9 Å². The summed E-state index contributed by atoms with van der Waals surface area (Å²) in [7, 11) is 0. The molecule has 0 saturated heterocycles. The number of hydrogen-bond donors (Lipinski definition) is 2. The number of carboxylic acid groups (broad SMARTS) is 1. The van der Waals surface area contributed by atoms with Crippen LogP contribution in [0.5, 0.6) is 0 Å². The molecular formula is C14H19NO4. The quantitative estimate of drug-likeness (QED) is 0.601. The predicted octanol–water partition coefficient (Wildman–Crippen LogP) is 1.56. The van der Waals surface area contributed by atoms with E-state index in [4.69, 9.17) is 10.5 Å². The Hall–Kier alpha value is -1.88. The van der Waals surface area contributed by atoms with E-state index in [1.165, 1.54) is 6.92 Å². The maximum absolute atomic E-state index is 12.1. The summed E-state index contributed by atoms with van der Waals surface area (Å²) < 4.78 is 5.11. The Kier molecular flexibility index (Phi) is 5.06. The second-order valence-corrected chi connectivity index (χ2v) is 4.48. The third kappa shape index (κ3) is 3.12. The molecule has 0 radical (unpaired) electrons. The third-order valence-electron chi connectivity index (χ3n) is 3.29. The van der Waals surface area contributed by atoms with Gasteiger partial charge < -0.3 is 15.6 Å². The Morgan fingerprint density at radius 2 is 1.95 bits per heavy atom. The summed E-state index contributed by atoms with van der Waals surface area (Å²) in [5.41, 5.74) is 4.79. The SMILES string of the molecule is CC[C@@](C(=O)O)(C(=O)OCc1ccccc1)[C@@H](C)N. The Bertz CT molecular complexity index is 444. The van der Waals surface area contributed by atoms with Crippen molar-refractivity contribution in [2.75, 3.05) is 0 Å². The van der Waals surface area contributed by atoms with Crippen molar-refractivity contribution < 1.29 is 19.4 Å². The molecule has 3 N–H and O–H groups in total. The van der Waals surface area contributed by atoms with Gasteiger partial charge >= 0.3 is 11.9 Å². The Labute approximate surface area is 112 Å². The van der Waals surface area contributed by atoms with Crippen LogP contribution in [0.4, 0.5) is 0 Å². The van der Waals surface area contributed by atoms with Crippen molar-refractivity contribution in [3.63, 3.8) is 0 Å². The summed E-state index contributed by atoms with van der Waals surface area (Å²) in [6.07, 6.45) is 0.0909. The van der Waals surface area contributed by atoms with Crippen molar-refractivity contribution in [2.45, 2.75) is 32.9 Å². The smallest absolute Gasteiger partial charge is 0.325 e. The number of ether oxygens (including phenoxy) is 1. The lowest BCUT2D eigenvalue weighted by Crippen LogP contribution is -2.52. The highest BCUT2D eigenvalue weighted by atomic mass is 16.5. The van der Waals surface area contributed by atoms with Gasteiger partial charge in [0.1, 0.15) is 6.61 Å². The minimum Gasteiger partial charge on any atom is -0.480 e. The summed E-state index contributed by atoms with van der Waals surface area (Å²) in [5, 5.41) is 9.28. The van der Waals surface area contributed by atoms with Crippen LogP contribution in [0.3, 0.4) is 0 Å². The van der Waals surface area contributed by atoms with E-state index in [9.17, 15) is 14.7 Å². The fourth-order valence-corrected chi connectivity index (χ4v) is 1.94. The molecule has 1 rings (SSSR count). The zero-order chi connectivity index (χ0) is 14.5. The number of hydrogen-bond acceptors (Lipinski definition) is 4. The van der Waals surface area contributed by atoms with Crippen LogP contribution in [-0.2, 0) is 20.9 Å². The van der Waals surface area contributed by atoms with Crippen LogP contribution in [0.1, 0.15) is 25.8 Å². The molecule has 0 heterocycles. The molecule has 0 saturated carbocycles. The number of nitrogens with two attached hydrogens (primary N) is 1. The van der Waals surface area contributed by atoms with Crippen molar-refractivity contribution in [3.05, 3.63) is 35.9 Å². The molecule has 1 aromatic rings. The molecule has 0 aliphatic rings. The maximum atomic E-state index is 12.1. The molecule has 0 unspecified atom stereocenters. The van der Waals surface area contributed by atoms with Gasteiger partial charge in [-0.1, -0.05) is 37.3 Å². The molecular weight excluding hydrogens is 246 g/mol. The van der Waals surface area contributed by atoms with Crippen molar-refractivity contribution in [3.8, 4) is 0 Å². The van der Waals surface area contributed by atoms with Crippen LogP contribution >= 0.6 is 0 Å². The van der Waals surface area contributed by atoms with Gasteiger partial charge in [0.25, 0.3) is 0 Å². The van der Waals surface area contributed by atoms with E-state index in [2.05, 4.69) is 0 Å². The first-order valence-electron chi connectivity index (χ1n) is 6.15. The van der Waals surface area contributed by atoms with Gasteiger partial charge in [0.05, 0.1) is 0 Å². The minimum absolute atomic E-state index is 0.0431. The highest BCUT2D eigenvalue weighted by molar-refractivity contribution is 6.00. The standard InChI is InChI=1S/C14H19NO4/c1-3-14(10(2)15,12(16)17)13(18)19-9-11-7-5-4-6-8-11/h4-8,10H,3,9,15H2,1-2H3,(H,16,17)/t10-,14-/m1/s1. The maximum Gasteiger partial charge on any atom is 0.325 e. The van der Waals surface area contributed by atoms with Crippen molar-refractivity contribution in [1.82, 2.24) is 0 Å². The normalized spacial score (nSPS) is 15.3. The van der Waals surface area contributed by atoms with Gasteiger partial charge in [-0.2, -0.15) is 0 Å². The zero-order valence-electron chi connectivity index (χ0n) is 11.1. The summed E-state index contributed by atoms with van der Waals surface area (Å²) in [6, 6.07) is 8.26. The highest BCUT2D eigenvalue weighted by Gasteiger charge is 2.49. The lowest BCUT2D eigenvalue weighted by Gasteiger charge is -2.29. The fourth-order valence-electron chi connectivity index (χ4n) is 1.94. The first kappa shape index (κ1) is 15.2. The third-order valence-corrected chi connectivity index (χ3v) is 3.29. The van der Waals surface area contributed by atoms with E-state index in [1.807, 2.05) is 18.2 Å². The number of carbonyl (C=O) groups excluding carboxylic acids is 1. The summed E-state index contributed by atoms with van der Waals surface area (Å²) in [5.74, 6) is -2.04. The number of rotatable bonds is 6. The predicted molar refractivity (Wildman–Crippen MR) is 70.2 cm³/mol. The molecule has 0 aliphatic carbocycles. The molecule has 5 heteroatoms. The Morgan fingerprint density at radius 3 is 2.37 bits per heavy atom. The summed E-state index contributed by atoms with van der Waals surface area (Å²) in [4.78, 5) is 23.4. The number of esters is 1. The van der Waals surface area contributed by atoms with E-state index in [1.54, 1.807) is 19.1 Å². The number of aliphatic carboxylic acids is 1. The molecule has 5 nitrogen and oxygen atoms in total. The molecule has 19 heavy (non-hydrogen) atoms. The fraction of sp³-hybridized carbons (Fsp3) is 0.429. The Balaban J connectivity index is 2.82. The lowest BCUT2D eigenvalue weighted by atomic mass is 9.79. The molecule has 0 bridgehead atoms. The van der Waals surface area contributed by atoms with Crippen LogP contribution in [0.25, 0.3) is 0 Å². The van der Waals surface area contributed by atoms with E-state index in [0.717, 1.165) is 5.56 Å². The van der Waals surface area contributed by atoms with Crippen molar-refractivity contribution in [2.24, 2.45) is 11.1 Å². The second kappa shape index (κ2) is 6.33. The van der Waals surface area contributed by atoms with E-state index in [-0.39, 0.29) is 13.0 Å². The first-order valence-corrected chi connectivity index (χ1v) is 6.15. The molecule has 0 aliphatic heterocycles. The van der Waals surface area contributed by atoms with E-state index < -0.39 is 23.4 Å². The number of benzene rings is 1. The van der Waals surface area contributed by atoms with Gasteiger partial charge in [0.15, 0.2) is 5.41 Å². The van der Waals surface area contributed by atoms with Crippen LogP contribution in [0, 0.1) is 5.41 Å². The molecule has 104 valence electrons. The van der Waals surface area contributed by atoms with Gasteiger partial charge in [0.2, 0.25) is 0 Å². The van der Waals surface area contributed by atoms with Gasteiger partial charge in [-0.25, -0.2) is 0 Å². The topological polar surface area (TPSA) is 89.6 Å². The monoisotopic (exact) mass is 265 g/mol. The molecule has 0 aromatic heterocycles. The first-order chi connectivity index (χ1) is 8.95.